The van der Waals surface area contributed by atoms with E-state index in [0.717, 1.165) is 19.6 Å². The second kappa shape index (κ2) is 25.7. The Labute approximate surface area is 418 Å². The molecule has 3 aliphatic heterocycles. The van der Waals surface area contributed by atoms with E-state index in [1.807, 2.05) is 0 Å². The number of allylic oxidation sites excluding steroid dienone is 3. The second-order valence-electron chi connectivity index (χ2n) is 17.2. The first kappa shape index (κ1) is 58.7. The minimum absolute atomic E-state index is 0.0806. The van der Waals surface area contributed by atoms with Gasteiger partial charge in [0, 0.05) is 45.0 Å². The molecule has 3 aliphatic rings. The molecule has 4 amide bonds. The number of aliphatic hydroxyl groups excluding tert-OH is 9. The topological polar surface area (TPSA) is 456 Å². The summed E-state index contributed by atoms with van der Waals surface area (Å²) in [5.41, 5.74) is -2.07. The van der Waals surface area contributed by atoms with Crippen LogP contribution in [0.15, 0.2) is 65.1 Å². The summed E-state index contributed by atoms with van der Waals surface area (Å²) in [7, 11) is 0. The number of nitrogens with zero attached hydrogens (tertiary/aromatic N) is 7. The Morgan fingerprint density at radius 3 is 1.01 bits per heavy atom. The van der Waals surface area contributed by atoms with Gasteiger partial charge in [-0.15, -0.1) is 0 Å². The van der Waals surface area contributed by atoms with E-state index < -0.39 is 235 Å². The van der Waals surface area contributed by atoms with Crippen molar-refractivity contribution >= 4 is 64.8 Å². The summed E-state index contributed by atoms with van der Waals surface area (Å²) in [6.07, 6.45) is -15.2. The van der Waals surface area contributed by atoms with Crippen molar-refractivity contribution in [1.82, 2.24) is 29.4 Å². The molecule has 0 saturated heterocycles. The van der Waals surface area contributed by atoms with Crippen LogP contribution in [0.2, 0.25) is 0 Å². The molecule has 3 unspecified atom stereocenters. The number of benzene rings is 1. The van der Waals surface area contributed by atoms with Crippen molar-refractivity contribution in [3.63, 3.8) is 0 Å². The lowest BCUT2D eigenvalue weighted by Crippen LogP contribution is -2.54. The number of aliphatic hydroxyl groups is 9. The molecule has 1 aromatic rings. The van der Waals surface area contributed by atoms with Crippen molar-refractivity contribution in [2.75, 3.05) is 83.6 Å². The van der Waals surface area contributed by atoms with Crippen molar-refractivity contribution in [1.29, 1.82) is 0 Å². The highest BCUT2D eigenvalue weighted by Crippen LogP contribution is 2.38. The molecule has 0 spiro atoms. The lowest BCUT2D eigenvalue weighted by molar-refractivity contribution is -0.138. The Morgan fingerprint density at radius 2 is 0.770 bits per heavy atom. The van der Waals surface area contributed by atoms with Gasteiger partial charge in [0.2, 0.25) is 34.6 Å². The van der Waals surface area contributed by atoms with Gasteiger partial charge in [-0.1, -0.05) is 18.2 Å². The van der Waals surface area contributed by atoms with Crippen LogP contribution in [0.3, 0.4) is 0 Å². The fraction of sp³-hybridized carbons (Fsp3) is 0.500. The van der Waals surface area contributed by atoms with E-state index in [-0.39, 0.29) is 5.69 Å². The first-order valence-electron chi connectivity index (χ1n) is 22.6. The Hall–Kier alpha value is -7.90. The van der Waals surface area contributed by atoms with Crippen LogP contribution in [0.4, 0.5) is 24.9 Å². The highest BCUT2D eigenvalue weighted by atomic mass is 16.4. The van der Waals surface area contributed by atoms with Crippen LogP contribution in [0.1, 0.15) is 38.5 Å². The van der Waals surface area contributed by atoms with Gasteiger partial charge < -0.3 is 81.1 Å². The van der Waals surface area contributed by atoms with Gasteiger partial charge >= 0.3 is 24.4 Å². The number of rotatable bonds is 26. The molecule has 0 bridgehead atoms. The van der Waals surface area contributed by atoms with E-state index in [2.05, 4.69) is 0 Å². The molecule has 74 heavy (non-hydrogen) atoms. The molecule has 0 fully saturated rings. The average Bonchev–Trinajstić information content (AvgIpc) is 3.34. The molecule has 30 heteroatoms. The number of Topliss-reactive ketones (excluding diaryl/α,β-unsaturated/α-hetero) is 6. The zero-order valence-corrected chi connectivity index (χ0v) is 39.4. The number of amides is 4. The largest absolute Gasteiger partial charge is 0.502 e. The third kappa shape index (κ3) is 13.6. The quantitative estimate of drug-likeness (QED) is 0.0438. The summed E-state index contributed by atoms with van der Waals surface area (Å²) in [4.78, 5) is 133. The standard InChI is InChI=1S/C44H57N7O23/c52-21-25(55)15-45-18-28(58)31(61)34(64)37(45)48(40(67)68)12-4-9-44(51(43(73)74)24-7-2-1-3-8-24,10-5-13-49(41(69)70)38-35(65)32(62)29(59)19-46(38)16-26(56)22-53)11-6-14-50(42(71)72)39-36(66)33(63)30(60)20-47(39)17-27(57)23-54/h1-3,7-8,25-27,52-57,64-66H,4-6,9-23H2,(H,67,68)(H,69,70)(H,71,72)(H,73,74). The summed E-state index contributed by atoms with van der Waals surface area (Å²) >= 11 is 0. The smallest absolute Gasteiger partial charge is 0.413 e. The highest BCUT2D eigenvalue weighted by molar-refractivity contribution is 6.45. The molecule has 3 heterocycles. The number of β-amino-alcohol motifs (C(OH)–C–C–N with tert-alkyl or cyclic N) is 3. The number of ketones is 6. The zero-order chi connectivity index (χ0) is 55.4. The molecule has 0 radical (unpaired) electrons. The Balaban J connectivity index is 1.90. The number of hydrogen-bond acceptors (Lipinski definition) is 22. The first-order chi connectivity index (χ1) is 34.8. The third-order valence-corrected chi connectivity index (χ3v) is 12.1. The molecule has 0 aromatic heterocycles. The highest BCUT2D eigenvalue weighted by Gasteiger charge is 2.45. The van der Waals surface area contributed by atoms with Crippen LogP contribution in [0.25, 0.3) is 0 Å². The van der Waals surface area contributed by atoms with Gasteiger partial charge in [-0.3, -0.25) is 48.4 Å². The van der Waals surface area contributed by atoms with Crippen molar-refractivity contribution in [2.24, 2.45) is 0 Å². The van der Waals surface area contributed by atoms with Gasteiger partial charge in [-0.05, 0) is 50.7 Å². The van der Waals surface area contributed by atoms with Crippen molar-refractivity contribution < 1.29 is 114 Å². The molecule has 0 saturated carbocycles. The number of carbonyl (C=O) groups is 10. The lowest BCUT2D eigenvalue weighted by Gasteiger charge is -2.44. The normalized spacial score (nSPS) is 17.6. The minimum Gasteiger partial charge on any atom is -0.502 e. The molecule has 13 N–H and O–H groups in total. The maximum atomic E-state index is 13.7. The van der Waals surface area contributed by atoms with Crippen LogP contribution in [-0.4, -0.2) is 257 Å². The first-order valence-corrected chi connectivity index (χ1v) is 22.6. The maximum Gasteiger partial charge on any atom is 0.413 e. The summed E-state index contributed by atoms with van der Waals surface area (Å²) in [5, 5.41) is 134. The number of hydrogen-bond donors (Lipinski definition) is 13. The molecular weight excluding hydrogens is 995 g/mol. The summed E-state index contributed by atoms with van der Waals surface area (Å²) in [6, 6.07) is 7.00. The second-order valence-corrected chi connectivity index (χ2v) is 17.2. The molecule has 1 aromatic carbocycles. The van der Waals surface area contributed by atoms with Crippen LogP contribution in [0, 0.1) is 0 Å². The van der Waals surface area contributed by atoms with E-state index in [9.17, 15) is 114 Å². The van der Waals surface area contributed by atoms with Gasteiger partial charge in [0.15, 0.2) is 17.5 Å². The Bertz CT molecular complexity index is 2230. The fourth-order valence-electron chi connectivity index (χ4n) is 8.85. The number of carbonyl (C=O) groups excluding carboxylic acids is 6. The van der Waals surface area contributed by atoms with E-state index >= 15 is 0 Å². The Morgan fingerprint density at radius 1 is 0.486 bits per heavy atom. The monoisotopic (exact) mass is 1050 g/mol. The van der Waals surface area contributed by atoms with Crippen LogP contribution >= 0.6 is 0 Å². The summed E-state index contributed by atoms with van der Waals surface area (Å²) in [6.45, 7) is -9.66. The van der Waals surface area contributed by atoms with E-state index in [1.165, 1.54) is 30.3 Å². The van der Waals surface area contributed by atoms with Gasteiger partial charge in [-0.25, -0.2) is 19.2 Å². The van der Waals surface area contributed by atoms with Crippen molar-refractivity contribution in [3.8, 4) is 0 Å². The molecule has 0 aliphatic carbocycles. The van der Waals surface area contributed by atoms with Gasteiger partial charge in [0.1, 0.15) is 0 Å². The third-order valence-electron chi connectivity index (χ3n) is 12.1. The van der Waals surface area contributed by atoms with Crippen molar-refractivity contribution in [2.45, 2.75) is 62.4 Å². The SMILES string of the molecule is O=C1CN(CC(O)CO)C(N(CCCC(CCCN(C(=O)O)C2=C(O)C(=O)C(=O)CN2CC(O)CO)(CCCN(C(=O)O)C2=C(O)C(=O)C(=O)CN2CC(O)CO)N(C(=O)O)c2ccccc2)C(=O)O)=C(O)C1=O. The lowest BCUT2D eigenvalue weighted by atomic mass is 9.81. The van der Waals surface area contributed by atoms with Gasteiger partial charge in [0.25, 0.3) is 17.3 Å². The van der Waals surface area contributed by atoms with Gasteiger partial charge in [-0.2, -0.15) is 0 Å². The molecular formula is C44H57N7O23. The number of carboxylic acid groups (broad SMARTS) is 4. The molecule has 4 rings (SSSR count). The number of anilines is 1. The molecule has 406 valence electrons. The van der Waals surface area contributed by atoms with Crippen molar-refractivity contribution in [3.05, 3.63) is 65.1 Å². The van der Waals surface area contributed by atoms with Gasteiger partial charge in [0.05, 0.1) is 63.3 Å². The number of para-hydroxylation sites is 1. The predicted octanol–water partition coefficient (Wildman–Crippen LogP) is -2.21. The van der Waals surface area contributed by atoms with Crippen LogP contribution < -0.4 is 4.90 Å². The Kier molecular flexibility index (Phi) is 20.3. The summed E-state index contributed by atoms with van der Waals surface area (Å²) < 4.78 is 0. The summed E-state index contributed by atoms with van der Waals surface area (Å²) in [5.74, 6) is -14.7. The molecule has 30 nitrogen and oxygen atoms in total. The van der Waals surface area contributed by atoms with E-state index in [1.54, 1.807) is 0 Å². The minimum atomic E-state index is -1.99. The zero-order valence-electron chi connectivity index (χ0n) is 39.4. The average molecular weight is 1050 g/mol. The maximum absolute atomic E-state index is 13.7. The predicted molar refractivity (Wildman–Crippen MR) is 245 cm³/mol. The molecule has 3 atom stereocenters. The van der Waals surface area contributed by atoms with E-state index in [4.69, 9.17) is 0 Å². The van der Waals surface area contributed by atoms with E-state index in [0.29, 0.717) is 14.7 Å². The van der Waals surface area contributed by atoms with Crippen LogP contribution in [0.5, 0.6) is 0 Å². The fourth-order valence-corrected chi connectivity index (χ4v) is 8.85. The van der Waals surface area contributed by atoms with Crippen LogP contribution in [-0.2, 0) is 28.8 Å².